The molecule has 1 aromatic rings. The van der Waals surface area contributed by atoms with Crippen LogP contribution in [0.2, 0.25) is 0 Å². The molecule has 1 aromatic carbocycles. The minimum atomic E-state index is -0.763. The third kappa shape index (κ3) is 11.3. The van der Waals surface area contributed by atoms with Crippen LogP contribution in [0, 0.1) is 31.3 Å². The molecule has 0 radical (unpaired) electrons. The molecule has 0 spiro atoms. The molecule has 0 bridgehead atoms. The number of nitrogens with zero attached hydrogens (tertiary/aromatic N) is 1. The summed E-state index contributed by atoms with van der Waals surface area (Å²) in [5.41, 5.74) is 0.659. The molecule has 0 aliphatic heterocycles. The van der Waals surface area contributed by atoms with E-state index in [0.717, 1.165) is 0 Å². The van der Waals surface area contributed by atoms with Crippen LogP contribution in [0.5, 0.6) is 5.75 Å². The van der Waals surface area contributed by atoms with E-state index >= 15 is 0 Å². The molecule has 0 amide bonds. The summed E-state index contributed by atoms with van der Waals surface area (Å²) in [6.07, 6.45) is -0.679. The molecule has 0 unspecified atom stereocenters. The predicted molar refractivity (Wildman–Crippen MR) is 60.0 cm³/mol. The molecule has 0 saturated heterocycles. The number of hydrogen-bond donors (Lipinski definition) is 1. The van der Waals surface area contributed by atoms with Gasteiger partial charge in [-0.1, -0.05) is 18.2 Å². The molecule has 1 atom stereocenters. The number of methoxy groups -OCH3 is 1. The van der Waals surface area contributed by atoms with Crippen LogP contribution >= 0.6 is 0 Å². The minimum absolute atomic E-state index is 0. The number of ether oxygens (including phenoxy) is 1. The zero-order valence-electron chi connectivity index (χ0n) is 10.5. The van der Waals surface area contributed by atoms with Crippen molar-refractivity contribution >= 4 is 0 Å². The van der Waals surface area contributed by atoms with Crippen molar-refractivity contribution < 1.29 is 41.2 Å². The van der Waals surface area contributed by atoms with Crippen LogP contribution in [0.25, 0.3) is 0 Å². The SMILES string of the molecule is COc1ccccc1[C@@H](O)CC#N.[C-]#[O+].[C-]#[O+].[C-]#[O+].[Cr]. The molecule has 0 aliphatic rings. The number of nitriles is 1. The summed E-state index contributed by atoms with van der Waals surface area (Å²) in [7, 11) is 1.54. The standard InChI is InChI=1S/C10H11NO2.3CO.Cr/c1-13-10-5-3-2-4-8(10)9(12)6-7-11;3*1-2;/h2-5,9,12H,6H2,1H3;;;;/t9-;;;;/m0..../s1. The number of aliphatic hydroxyl groups excluding tert-OH is 1. The molecule has 0 saturated carbocycles. The summed E-state index contributed by atoms with van der Waals surface area (Å²) in [4.78, 5) is 0. The Balaban J connectivity index is -0.000000162. The number of benzene rings is 1. The van der Waals surface area contributed by atoms with E-state index in [9.17, 15) is 5.11 Å². The molecule has 20 heavy (non-hydrogen) atoms. The molecule has 0 fully saturated rings. The van der Waals surface area contributed by atoms with Gasteiger partial charge in [-0.25, -0.2) is 0 Å². The van der Waals surface area contributed by atoms with E-state index in [-0.39, 0.29) is 23.8 Å². The largest absolute Gasteiger partial charge is 0 e. The second-order valence-corrected chi connectivity index (χ2v) is 2.62. The third-order valence-electron chi connectivity index (χ3n) is 1.78. The molecule has 6 nitrogen and oxygen atoms in total. The predicted octanol–water partition coefficient (Wildman–Crippen LogP) is 1.53. The molecule has 104 valence electrons. The van der Waals surface area contributed by atoms with Gasteiger partial charge >= 0.3 is 33.9 Å². The monoisotopic (exact) mass is 313 g/mol. The van der Waals surface area contributed by atoms with Gasteiger partial charge in [-0.15, -0.1) is 0 Å². The van der Waals surface area contributed by atoms with Gasteiger partial charge in [0.05, 0.1) is 25.7 Å². The second kappa shape index (κ2) is 22.4. The number of hydrogen-bond acceptors (Lipinski definition) is 3. The Labute approximate surface area is 128 Å². The van der Waals surface area contributed by atoms with Crippen molar-refractivity contribution in [1.29, 1.82) is 5.26 Å². The fraction of sp³-hybridized carbons (Fsp3) is 0.231. The maximum atomic E-state index is 9.53. The summed E-state index contributed by atoms with van der Waals surface area (Å²) in [6.45, 7) is 13.5. The van der Waals surface area contributed by atoms with E-state index < -0.39 is 6.10 Å². The van der Waals surface area contributed by atoms with Gasteiger partial charge in [0.1, 0.15) is 5.75 Å². The average Bonchev–Trinajstić information content (AvgIpc) is 2.53. The van der Waals surface area contributed by atoms with Crippen molar-refractivity contribution in [2.24, 2.45) is 0 Å². The van der Waals surface area contributed by atoms with Crippen molar-refractivity contribution in [3.8, 4) is 11.8 Å². The van der Waals surface area contributed by atoms with E-state index in [4.69, 9.17) is 24.0 Å². The first-order valence-corrected chi connectivity index (χ1v) is 4.58. The Bertz CT molecular complexity index is 422. The Morgan fingerprint density at radius 1 is 1.20 bits per heavy atom. The molecule has 0 aliphatic carbocycles. The van der Waals surface area contributed by atoms with E-state index in [1.807, 2.05) is 12.1 Å². The molecule has 7 heteroatoms. The summed E-state index contributed by atoms with van der Waals surface area (Å²) < 4.78 is 27.5. The first-order valence-electron chi connectivity index (χ1n) is 4.58. The number of aliphatic hydroxyl groups is 1. The Morgan fingerprint density at radius 3 is 2.05 bits per heavy atom. The smallest absolute Gasteiger partial charge is 0 e. The summed E-state index contributed by atoms with van der Waals surface area (Å²) in [5, 5.41) is 17.9. The van der Waals surface area contributed by atoms with Crippen LogP contribution in [0.15, 0.2) is 24.3 Å². The first-order chi connectivity index (χ1) is 9.29. The molecule has 0 heterocycles. The molecule has 1 rings (SSSR count). The van der Waals surface area contributed by atoms with Crippen molar-refractivity contribution in [2.75, 3.05) is 7.11 Å². The topological polar surface area (TPSA) is 113 Å². The van der Waals surface area contributed by atoms with Gasteiger partial charge in [0.2, 0.25) is 0 Å². The second-order valence-electron chi connectivity index (χ2n) is 2.62. The van der Waals surface area contributed by atoms with Crippen molar-refractivity contribution in [2.45, 2.75) is 12.5 Å². The van der Waals surface area contributed by atoms with Crippen LogP contribution in [0.1, 0.15) is 18.1 Å². The summed E-state index contributed by atoms with van der Waals surface area (Å²) >= 11 is 0. The maximum Gasteiger partial charge on any atom is 0 e. The van der Waals surface area contributed by atoms with E-state index in [1.54, 1.807) is 18.2 Å². The zero-order valence-corrected chi connectivity index (χ0v) is 11.8. The van der Waals surface area contributed by atoms with E-state index in [2.05, 4.69) is 20.0 Å². The van der Waals surface area contributed by atoms with Crippen molar-refractivity contribution in [1.82, 2.24) is 0 Å². The fourth-order valence-electron chi connectivity index (χ4n) is 1.14. The van der Waals surface area contributed by atoms with Gasteiger partial charge in [-0.05, 0) is 6.07 Å². The van der Waals surface area contributed by atoms with E-state index in [0.29, 0.717) is 11.3 Å². The quantitative estimate of drug-likeness (QED) is 0.674. The number of para-hydroxylation sites is 1. The minimum Gasteiger partial charge on any atom is 0 e. The van der Waals surface area contributed by atoms with Crippen LogP contribution in [-0.2, 0) is 31.3 Å². The van der Waals surface area contributed by atoms with Crippen LogP contribution in [0.4, 0.5) is 0 Å². The van der Waals surface area contributed by atoms with Crippen molar-refractivity contribution in [3.63, 3.8) is 0 Å². The summed E-state index contributed by atoms with van der Waals surface area (Å²) in [6, 6.07) is 9.05. The van der Waals surface area contributed by atoms with Gasteiger partial charge in [0, 0.05) is 22.9 Å². The van der Waals surface area contributed by atoms with Crippen molar-refractivity contribution in [3.05, 3.63) is 49.8 Å². The average molecular weight is 313 g/mol. The third-order valence-corrected chi connectivity index (χ3v) is 1.78. The van der Waals surface area contributed by atoms with Gasteiger partial charge in [-0.3, -0.25) is 0 Å². The van der Waals surface area contributed by atoms with Gasteiger partial charge in [0.25, 0.3) is 0 Å². The Morgan fingerprint density at radius 2 is 1.65 bits per heavy atom. The molecule has 0 aromatic heterocycles. The Kier molecular flexibility index (Phi) is 29.9. The van der Waals surface area contributed by atoms with Gasteiger partial charge in [-0.2, -0.15) is 5.26 Å². The van der Waals surface area contributed by atoms with Crippen LogP contribution in [-0.4, -0.2) is 12.2 Å². The molecular formula is C13H11CrNO5. The van der Waals surface area contributed by atoms with Crippen LogP contribution in [0.3, 0.4) is 0 Å². The van der Waals surface area contributed by atoms with Crippen LogP contribution < -0.4 is 4.74 Å². The van der Waals surface area contributed by atoms with Gasteiger partial charge < -0.3 is 9.84 Å². The molecule has 1 N–H and O–H groups in total. The fourth-order valence-corrected chi connectivity index (χ4v) is 1.14. The first kappa shape index (κ1) is 26.7. The van der Waals surface area contributed by atoms with Gasteiger partial charge in [0.15, 0.2) is 0 Å². The zero-order chi connectivity index (χ0) is 15.7. The Hall–Kier alpha value is -1.78. The number of rotatable bonds is 3. The summed E-state index contributed by atoms with van der Waals surface area (Å²) in [5.74, 6) is 0.616. The normalized spacial score (nSPS) is 7.95. The molecular weight excluding hydrogens is 302 g/mol. The van der Waals surface area contributed by atoms with E-state index in [1.165, 1.54) is 7.11 Å². The maximum absolute atomic E-state index is 9.53.